The Kier molecular flexibility index (Phi) is 7.06. The summed E-state index contributed by atoms with van der Waals surface area (Å²) in [6.45, 7) is 1.41. The molecular weight excluding hydrogens is 276 g/mol. The zero-order valence-electron chi connectivity index (χ0n) is 11.5. The number of hydrogen-bond acceptors (Lipinski definition) is 5. The van der Waals surface area contributed by atoms with Crippen LogP contribution in [0.15, 0.2) is 47.1 Å². The summed E-state index contributed by atoms with van der Waals surface area (Å²) in [5.41, 5.74) is 0. The smallest absolute Gasteiger partial charge is 0.331 e. The number of amides is 3. The molecule has 0 radical (unpaired) electrons. The van der Waals surface area contributed by atoms with Gasteiger partial charge in [0.1, 0.15) is 5.76 Å². The molecule has 0 unspecified atom stereocenters. The average molecular weight is 292 g/mol. The lowest BCUT2D eigenvalue weighted by Gasteiger charge is -2.05. The average Bonchev–Trinajstić information content (AvgIpc) is 2.96. The van der Waals surface area contributed by atoms with Crippen LogP contribution in [0, 0.1) is 0 Å². The molecule has 0 aliphatic rings. The number of ether oxygens (including phenoxy) is 1. The third kappa shape index (κ3) is 7.36. The highest BCUT2D eigenvalue weighted by atomic mass is 16.5. The first kappa shape index (κ1) is 16.2. The summed E-state index contributed by atoms with van der Waals surface area (Å²) in [4.78, 5) is 33.8. The molecule has 0 aliphatic carbocycles. The van der Waals surface area contributed by atoms with Gasteiger partial charge in [-0.25, -0.2) is 9.59 Å². The van der Waals surface area contributed by atoms with Gasteiger partial charge in [0, 0.05) is 6.08 Å². The summed E-state index contributed by atoms with van der Waals surface area (Å²) in [6.07, 6.45) is 7.50. The molecule has 0 saturated carbocycles. The molecule has 1 rings (SSSR count). The second-order valence-electron chi connectivity index (χ2n) is 3.80. The van der Waals surface area contributed by atoms with E-state index in [2.05, 4.69) is 10.1 Å². The van der Waals surface area contributed by atoms with E-state index < -0.39 is 24.5 Å². The van der Waals surface area contributed by atoms with Crippen molar-refractivity contribution in [3.63, 3.8) is 0 Å². The molecule has 7 heteroatoms. The van der Waals surface area contributed by atoms with Crippen molar-refractivity contribution in [3.05, 3.63) is 48.5 Å². The normalized spacial score (nSPS) is 10.7. The van der Waals surface area contributed by atoms with E-state index in [4.69, 9.17) is 4.42 Å². The molecule has 0 saturated heterocycles. The van der Waals surface area contributed by atoms with Crippen molar-refractivity contribution in [2.24, 2.45) is 0 Å². The predicted molar refractivity (Wildman–Crippen MR) is 74.0 cm³/mol. The number of furan rings is 1. The molecule has 0 fully saturated rings. The number of imide groups is 1. The topological polar surface area (TPSA) is 97.6 Å². The maximum Gasteiger partial charge on any atom is 0.331 e. The van der Waals surface area contributed by atoms with Gasteiger partial charge in [-0.3, -0.25) is 10.1 Å². The maximum atomic E-state index is 11.4. The molecule has 3 amide bonds. The van der Waals surface area contributed by atoms with E-state index in [1.807, 2.05) is 5.32 Å². The van der Waals surface area contributed by atoms with Crippen molar-refractivity contribution >= 4 is 17.9 Å². The zero-order valence-corrected chi connectivity index (χ0v) is 11.5. The highest BCUT2D eigenvalue weighted by molar-refractivity contribution is 5.96. The minimum Gasteiger partial charge on any atom is -0.467 e. The van der Waals surface area contributed by atoms with Crippen LogP contribution in [0.25, 0.3) is 0 Å². The van der Waals surface area contributed by atoms with Gasteiger partial charge in [0.05, 0.1) is 12.8 Å². The van der Waals surface area contributed by atoms with Gasteiger partial charge in [0.2, 0.25) is 0 Å². The first-order valence-corrected chi connectivity index (χ1v) is 6.18. The Hall–Kier alpha value is -2.83. The van der Waals surface area contributed by atoms with Crippen LogP contribution in [0.2, 0.25) is 0 Å². The van der Waals surface area contributed by atoms with Gasteiger partial charge < -0.3 is 14.5 Å². The Balaban J connectivity index is 2.20. The minimum absolute atomic E-state index is 0.151. The number of urea groups is 1. The van der Waals surface area contributed by atoms with E-state index in [0.29, 0.717) is 5.76 Å². The molecule has 1 aromatic rings. The molecule has 0 aliphatic heterocycles. The van der Waals surface area contributed by atoms with Crippen LogP contribution in [0.4, 0.5) is 4.79 Å². The van der Waals surface area contributed by atoms with Crippen molar-refractivity contribution in [2.75, 3.05) is 6.61 Å². The fraction of sp³-hybridized carbons (Fsp3) is 0.214. The minimum atomic E-state index is -0.722. The highest BCUT2D eigenvalue weighted by Gasteiger charge is 2.09. The Morgan fingerprint density at radius 2 is 2.14 bits per heavy atom. The SMILES string of the molecule is C/C=C/C=C/C(=O)OCC(=O)NC(=O)NCc1ccco1. The van der Waals surface area contributed by atoms with E-state index in [1.165, 1.54) is 18.4 Å². The third-order valence-electron chi connectivity index (χ3n) is 2.14. The summed E-state index contributed by atoms with van der Waals surface area (Å²) in [7, 11) is 0. The molecule has 0 aromatic carbocycles. The number of nitrogens with one attached hydrogen (secondary N) is 2. The lowest BCUT2D eigenvalue weighted by atomic mass is 10.4. The van der Waals surface area contributed by atoms with Gasteiger partial charge >= 0.3 is 12.0 Å². The molecule has 112 valence electrons. The Bertz CT molecular complexity index is 532. The molecule has 0 spiro atoms. The Morgan fingerprint density at radius 3 is 2.81 bits per heavy atom. The number of allylic oxidation sites excluding steroid dienone is 3. The van der Waals surface area contributed by atoms with Crippen molar-refractivity contribution in [2.45, 2.75) is 13.5 Å². The lowest BCUT2D eigenvalue weighted by molar-refractivity contribution is -0.143. The number of esters is 1. The molecule has 0 bridgehead atoms. The fourth-order valence-electron chi connectivity index (χ4n) is 1.22. The standard InChI is InChI=1S/C14H16N2O5/c1-2-3-4-7-13(18)21-10-12(17)16-14(19)15-9-11-6-5-8-20-11/h2-8H,9-10H2,1H3,(H2,15,16,17,19)/b3-2+,7-4+. The Labute approximate surface area is 121 Å². The number of hydrogen-bond donors (Lipinski definition) is 2. The van der Waals surface area contributed by atoms with Crippen LogP contribution >= 0.6 is 0 Å². The first-order valence-electron chi connectivity index (χ1n) is 6.18. The van der Waals surface area contributed by atoms with Crippen molar-refractivity contribution < 1.29 is 23.5 Å². The monoisotopic (exact) mass is 292 g/mol. The summed E-state index contributed by atoms with van der Waals surface area (Å²) >= 11 is 0. The van der Waals surface area contributed by atoms with Crippen LogP contribution in [0.1, 0.15) is 12.7 Å². The molecular formula is C14H16N2O5. The van der Waals surface area contributed by atoms with Crippen LogP contribution in [0.5, 0.6) is 0 Å². The van der Waals surface area contributed by atoms with Gasteiger partial charge in [-0.2, -0.15) is 0 Å². The summed E-state index contributed by atoms with van der Waals surface area (Å²) in [5.74, 6) is -0.836. The first-order chi connectivity index (χ1) is 10.1. The molecule has 21 heavy (non-hydrogen) atoms. The van der Waals surface area contributed by atoms with E-state index in [1.54, 1.807) is 31.2 Å². The van der Waals surface area contributed by atoms with Crippen LogP contribution in [0.3, 0.4) is 0 Å². The number of carbonyl (C=O) groups excluding carboxylic acids is 3. The molecule has 1 heterocycles. The second-order valence-corrected chi connectivity index (χ2v) is 3.80. The zero-order chi connectivity index (χ0) is 15.5. The van der Waals surface area contributed by atoms with Gasteiger partial charge in [-0.15, -0.1) is 0 Å². The third-order valence-corrected chi connectivity index (χ3v) is 2.14. The molecule has 0 atom stereocenters. The molecule has 1 aromatic heterocycles. The summed E-state index contributed by atoms with van der Waals surface area (Å²) < 4.78 is 9.64. The predicted octanol–water partition coefficient (Wildman–Crippen LogP) is 1.28. The quantitative estimate of drug-likeness (QED) is 0.467. The van der Waals surface area contributed by atoms with Gasteiger partial charge in [0.25, 0.3) is 5.91 Å². The van der Waals surface area contributed by atoms with E-state index >= 15 is 0 Å². The fourth-order valence-corrected chi connectivity index (χ4v) is 1.22. The van der Waals surface area contributed by atoms with Gasteiger partial charge in [-0.1, -0.05) is 18.2 Å². The van der Waals surface area contributed by atoms with Crippen LogP contribution in [-0.2, 0) is 20.9 Å². The van der Waals surface area contributed by atoms with Crippen molar-refractivity contribution in [1.29, 1.82) is 0 Å². The highest BCUT2D eigenvalue weighted by Crippen LogP contribution is 1.97. The van der Waals surface area contributed by atoms with Gasteiger partial charge in [0.15, 0.2) is 6.61 Å². The maximum absolute atomic E-state index is 11.4. The largest absolute Gasteiger partial charge is 0.467 e. The van der Waals surface area contributed by atoms with Crippen molar-refractivity contribution in [1.82, 2.24) is 10.6 Å². The van der Waals surface area contributed by atoms with Crippen LogP contribution in [-0.4, -0.2) is 24.5 Å². The molecule has 7 nitrogen and oxygen atoms in total. The second kappa shape index (κ2) is 9.13. The number of carbonyl (C=O) groups is 3. The molecule has 2 N–H and O–H groups in total. The van der Waals surface area contributed by atoms with E-state index in [-0.39, 0.29) is 6.54 Å². The number of rotatable bonds is 6. The summed E-state index contributed by atoms with van der Waals surface area (Å²) in [5, 5.41) is 4.44. The van der Waals surface area contributed by atoms with Crippen LogP contribution < -0.4 is 10.6 Å². The lowest BCUT2D eigenvalue weighted by Crippen LogP contribution is -2.41. The Morgan fingerprint density at radius 1 is 1.33 bits per heavy atom. The van der Waals surface area contributed by atoms with Gasteiger partial charge in [-0.05, 0) is 19.1 Å². The summed E-state index contributed by atoms with van der Waals surface area (Å²) in [6, 6.07) is 2.67. The van der Waals surface area contributed by atoms with E-state index in [9.17, 15) is 14.4 Å². The van der Waals surface area contributed by atoms with Crippen molar-refractivity contribution in [3.8, 4) is 0 Å². The van der Waals surface area contributed by atoms with E-state index in [0.717, 1.165) is 0 Å².